The van der Waals surface area contributed by atoms with Gasteiger partial charge < -0.3 is 33.8 Å². The fraction of sp³-hybridized carbons (Fsp3) is 0.943. The van der Waals surface area contributed by atoms with E-state index in [9.17, 15) is 43.2 Å². The van der Waals surface area contributed by atoms with Crippen molar-refractivity contribution < 1.29 is 80.2 Å². The van der Waals surface area contributed by atoms with Gasteiger partial charge in [-0.15, -0.1) is 0 Å². The van der Waals surface area contributed by atoms with Crippen molar-refractivity contribution in [2.24, 2.45) is 23.7 Å². The first-order valence-corrected chi connectivity index (χ1v) is 39.3. The molecule has 0 bridgehead atoms. The van der Waals surface area contributed by atoms with Gasteiger partial charge >= 0.3 is 39.5 Å². The number of hydrogen-bond acceptors (Lipinski definition) is 15. The van der Waals surface area contributed by atoms with Crippen molar-refractivity contribution in [1.82, 2.24) is 0 Å². The first kappa shape index (κ1) is 87.1. The molecule has 0 aromatic carbocycles. The molecule has 0 saturated heterocycles. The number of carbonyl (C=O) groups is 4. The van der Waals surface area contributed by atoms with E-state index in [-0.39, 0.29) is 25.7 Å². The van der Waals surface area contributed by atoms with Crippen LogP contribution in [0.5, 0.6) is 0 Å². The highest BCUT2D eigenvalue weighted by Crippen LogP contribution is 2.45. The van der Waals surface area contributed by atoms with Crippen LogP contribution in [0.15, 0.2) is 0 Å². The van der Waals surface area contributed by atoms with Gasteiger partial charge in [0, 0.05) is 25.7 Å². The van der Waals surface area contributed by atoms with Crippen molar-refractivity contribution in [2.45, 2.75) is 363 Å². The summed E-state index contributed by atoms with van der Waals surface area (Å²) in [5, 5.41) is 10.6. The Labute approximate surface area is 543 Å². The Morgan fingerprint density at radius 2 is 0.539 bits per heavy atom. The van der Waals surface area contributed by atoms with E-state index < -0.39 is 97.5 Å². The van der Waals surface area contributed by atoms with Crippen molar-refractivity contribution >= 4 is 39.5 Å². The van der Waals surface area contributed by atoms with Crippen LogP contribution >= 0.6 is 15.6 Å². The lowest BCUT2D eigenvalue weighted by atomic mass is 9.99. The lowest BCUT2D eigenvalue weighted by Crippen LogP contribution is -2.30. The SMILES string of the molecule is CCC(C)CCCCCCCCCCC(=O)O[C@H](COC(=O)CCCCCCCCCCCCC(C)C)COP(=O)(O)OC[C@@H](O)COP(=O)(O)OC[C@@H](COC(=O)CCCCCCCCC(C)CC)OC(=O)CCCCCCCCCCCCCC(C)C. The number of unbranched alkanes of at least 4 members (excludes halogenated alkanes) is 31. The number of aliphatic hydroxyl groups excluding tert-OH is 1. The van der Waals surface area contributed by atoms with E-state index in [4.69, 9.17) is 37.0 Å². The number of hydrogen-bond donors (Lipinski definition) is 3. The summed E-state index contributed by atoms with van der Waals surface area (Å²) >= 11 is 0. The molecule has 0 heterocycles. The second-order valence-corrected chi connectivity index (χ2v) is 29.6. The van der Waals surface area contributed by atoms with E-state index in [2.05, 4.69) is 55.4 Å². The third-order valence-corrected chi connectivity index (χ3v) is 18.7. The summed E-state index contributed by atoms with van der Waals surface area (Å²) in [6.45, 7) is 14.1. The van der Waals surface area contributed by atoms with Crippen molar-refractivity contribution in [3.63, 3.8) is 0 Å². The Morgan fingerprint density at radius 1 is 0.315 bits per heavy atom. The molecule has 0 aromatic heterocycles. The monoisotopic (exact) mass is 1310 g/mol. The third-order valence-electron chi connectivity index (χ3n) is 16.8. The lowest BCUT2D eigenvalue weighted by Gasteiger charge is -2.21. The zero-order valence-electron chi connectivity index (χ0n) is 58.1. The van der Waals surface area contributed by atoms with Crippen LogP contribution < -0.4 is 0 Å². The molecule has 0 amide bonds. The second-order valence-electron chi connectivity index (χ2n) is 26.7. The van der Waals surface area contributed by atoms with E-state index in [0.29, 0.717) is 25.7 Å². The summed E-state index contributed by atoms with van der Waals surface area (Å²) in [6, 6.07) is 0. The van der Waals surface area contributed by atoms with Gasteiger partial charge in [0.25, 0.3) is 0 Å². The number of phosphoric acid groups is 2. The highest BCUT2D eigenvalue weighted by molar-refractivity contribution is 7.47. The molecule has 7 atom stereocenters. The molecule has 17 nitrogen and oxygen atoms in total. The summed E-state index contributed by atoms with van der Waals surface area (Å²) in [4.78, 5) is 72.6. The van der Waals surface area contributed by atoms with Crippen LogP contribution in [0.4, 0.5) is 0 Å². The minimum atomic E-state index is -4.95. The normalized spacial score (nSPS) is 14.9. The maximum Gasteiger partial charge on any atom is 0.472 e. The second kappa shape index (κ2) is 59.8. The van der Waals surface area contributed by atoms with Crippen LogP contribution in [0.2, 0.25) is 0 Å². The highest BCUT2D eigenvalue weighted by Gasteiger charge is 2.30. The average Bonchev–Trinajstić information content (AvgIpc) is 3.70. The molecule has 0 aliphatic rings. The predicted molar refractivity (Wildman–Crippen MR) is 358 cm³/mol. The van der Waals surface area contributed by atoms with E-state index in [1.165, 1.54) is 141 Å². The van der Waals surface area contributed by atoms with Gasteiger partial charge in [0.15, 0.2) is 12.2 Å². The van der Waals surface area contributed by atoms with Crippen LogP contribution in [0.25, 0.3) is 0 Å². The minimum absolute atomic E-state index is 0.104. The molecular weight excluding hydrogens is 1170 g/mol. The molecule has 89 heavy (non-hydrogen) atoms. The maximum absolute atomic E-state index is 13.0. The molecule has 0 spiro atoms. The molecule has 0 aliphatic heterocycles. The number of phosphoric ester groups is 2. The first-order valence-electron chi connectivity index (χ1n) is 36.3. The molecule has 3 N–H and O–H groups in total. The summed E-state index contributed by atoms with van der Waals surface area (Å²) in [6.07, 6.45) is 41.6. The summed E-state index contributed by atoms with van der Waals surface area (Å²) in [7, 11) is -9.90. The predicted octanol–water partition coefficient (Wildman–Crippen LogP) is 19.7. The molecule has 4 unspecified atom stereocenters. The molecule has 528 valence electrons. The number of aliphatic hydroxyl groups is 1. The lowest BCUT2D eigenvalue weighted by molar-refractivity contribution is -0.161. The molecule has 0 rings (SSSR count). The summed E-state index contributed by atoms with van der Waals surface area (Å²) < 4.78 is 68.3. The highest BCUT2D eigenvalue weighted by atomic mass is 31.2. The van der Waals surface area contributed by atoms with Crippen molar-refractivity contribution in [1.29, 1.82) is 0 Å². The van der Waals surface area contributed by atoms with Crippen LogP contribution in [-0.2, 0) is 65.4 Å². The molecular formula is C70H136O17P2. The molecule has 0 aromatic rings. The standard InChI is InChI=1S/C70H136O17P2/c1-9-62(7)48-40-32-24-20-21-27-37-45-53-70(75)87-65(56-80-67(72)50-42-34-25-18-15-14-17-23-31-39-47-61(5)6)58-84-88(76,77)82-54-64(71)55-83-89(78,79)85-59-66(57-81-68(73)51-43-35-29-28-33-41-49-63(8)10-2)86-69(74)52-44-36-26-19-13-11-12-16-22-30-38-46-60(3)4/h60-66,71H,9-59H2,1-8H3,(H,76,77)(H,78,79)/t62?,63?,64-,65-,66-/m1/s1. The number of ether oxygens (including phenoxy) is 4. The number of esters is 4. The Kier molecular flexibility index (Phi) is 58.5. The zero-order chi connectivity index (χ0) is 66.1. The molecule has 0 radical (unpaired) electrons. The average molecular weight is 1310 g/mol. The Bertz CT molecular complexity index is 1770. The van der Waals surface area contributed by atoms with E-state index in [1.807, 2.05) is 0 Å². The van der Waals surface area contributed by atoms with E-state index in [0.717, 1.165) is 120 Å². The minimum Gasteiger partial charge on any atom is -0.462 e. The maximum atomic E-state index is 13.0. The molecule has 0 aliphatic carbocycles. The molecule has 0 fully saturated rings. The third kappa shape index (κ3) is 62.0. The first-order chi connectivity index (χ1) is 42.7. The number of carbonyl (C=O) groups excluding carboxylic acids is 4. The van der Waals surface area contributed by atoms with Gasteiger partial charge in [-0.1, -0.05) is 293 Å². The Hall–Kier alpha value is -1.94. The van der Waals surface area contributed by atoms with Gasteiger partial charge in [-0.25, -0.2) is 9.13 Å². The van der Waals surface area contributed by atoms with Gasteiger partial charge in [-0.3, -0.25) is 37.3 Å². The molecule has 19 heteroatoms. The van der Waals surface area contributed by atoms with Gasteiger partial charge in [0.1, 0.15) is 19.3 Å². The van der Waals surface area contributed by atoms with Crippen LogP contribution in [0.3, 0.4) is 0 Å². The van der Waals surface area contributed by atoms with Gasteiger partial charge in [0.2, 0.25) is 0 Å². The van der Waals surface area contributed by atoms with Crippen molar-refractivity contribution in [3.8, 4) is 0 Å². The van der Waals surface area contributed by atoms with Crippen molar-refractivity contribution in [3.05, 3.63) is 0 Å². The van der Waals surface area contributed by atoms with E-state index in [1.54, 1.807) is 0 Å². The number of rotatable bonds is 67. The Balaban J connectivity index is 5.27. The van der Waals surface area contributed by atoms with Gasteiger partial charge in [-0.05, 0) is 49.4 Å². The molecule has 0 saturated carbocycles. The van der Waals surface area contributed by atoms with Crippen LogP contribution in [-0.4, -0.2) is 96.7 Å². The smallest absolute Gasteiger partial charge is 0.462 e. The fourth-order valence-electron chi connectivity index (χ4n) is 10.4. The van der Waals surface area contributed by atoms with Gasteiger partial charge in [-0.2, -0.15) is 0 Å². The van der Waals surface area contributed by atoms with Crippen molar-refractivity contribution in [2.75, 3.05) is 39.6 Å². The summed E-state index contributed by atoms with van der Waals surface area (Å²) in [5.74, 6) is 0.893. The van der Waals surface area contributed by atoms with Crippen LogP contribution in [0, 0.1) is 23.7 Å². The Morgan fingerprint density at radius 3 is 0.798 bits per heavy atom. The van der Waals surface area contributed by atoms with Crippen LogP contribution in [0.1, 0.15) is 344 Å². The fourth-order valence-corrected chi connectivity index (χ4v) is 12.0. The van der Waals surface area contributed by atoms with Gasteiger partial charge in [0.05, 0.1) is 26.4 Å². The largest absolute Gasteiger partial charge is 0.472 e. The van der Waals surface area contributed by atoms with E-state index >= 15 is 0 Å². The summed E-state index contributed by atoms with van der Waals surface area (Å²) in [5.41, 5.74) is 0. The topological polar surface area (TPSA) is 237 Å². The zero-order valence-corrected chi connectivity index (χ0v) is 59.8. The quantitative estimate of drug-likeness (QED) is 0.0222.